The SMILES string of the molecule is Cc1cc(C)n(-c2ccc(N=C(N)CCl)cc2F)n1. The van der Waals surface area contributed by atoms with Crippen LogP contribution in [0.2, 0.25) is 0 Å². The third kappa shape index (κ3) is 2.93. The number of aromatic nitrogens is 2. The lowest BCUT2D eigenvalue weighted by Gasteiger charge is -2.06. The van der Waals surface area contributed by atoms with Gasteiger partial charge in [0.2, 0.25) is 0 Å². The van der Waals surface area contributed by atoms with E-state index >= 15 is 0 Å². The molecule has 1 aromatic carbocycles. The summed E-state index contributed by atoms with van der Waals surface area (Å²) in [5.41, 5.74) is 8.03. The molecule has 0 amide bonds. The molecule has 19 heavy (non-hydrogen) atoms. The highest BCUT2D eigenvalue weighted by Gasteiger charge is 2.09. The minimum atomic E-state index is -0.408. The van der Waals surface area contributed by atoms with E-state index in [0.717, 1.165) is 11.4 Å². The quantitative estimate of drug-likeness (QED) is 0.534. The van der Waals surface area contributed by atoms with E-state index in [0.29, 0.717) is 11.4 Å². The Morgan fingerprint density at radius 1 is 1.42 bits per heavy atom. The third-order valence-corrected chi connectivity index (χ3v) is 2.85. The van der Waals surface area contributed by atoms with Crippen molar-refractivity contribution in [3.8, 4) is 5.69 Å². The largest absolute Gasteiger partial charge is 0.386 e. The van der Waals surface area contributed by atoms with Gasteiger partial charge in [-0.1, -0.05) is 0 Å². The Balaban J connectivity index is 2.43. The van der Waals surface area contributed by atoms with Crippen LogP contribution in [0.15, 0.2) is 29.3 Å². The maximum Gasteiger partial charge on any atom is 0.151 e. The number of amidine groups is 1. The van der Waals surface area contributed by atoms with E-state index in [1.807, 2.05) is 19.9 Å². The van der Waals surface area contributed by atoms with Gasteiger partial charge in [0.1, 0.15) is 11.5 Å². The smallest absolute Gasteiger partial charge is 0.151 e. The number of nitrogens with two attached hydrogens (primary N) is 1. The second-order valence-electron chi connectivity index (χ2n) is 4.21. The Labute approximate surface area is 115 Å². The Morgan fingerprint density at radius 3 is 2.68 bits per heavy atom. The van der Waals surface area contributed by atoms with Crippen LogP contribution in [0.5, 0.6) is 0 Å². The van der Waals surface area contributed by atoms with Crippen LogP contribution in [0.4, 0.5) is 10.1 Å². The number of halogens is 2. The van der Waals surface area contributed by atoms with Gasteiger partial charge in [-0.25, -0.2) is 14.1 Å². The minimum absolute atomic E-state index is 0.112. The van der Waals surface area contributed by atoms with E-state index in [9.17, 15) is 4.39 Å². The summed E-state index contributed by atoms with van der Waals surface area (Å²) in [6.45, 7) is 3.73. The van der Waals surface area contributed by atoms with E-state index < -0.39 is 5.82 Å². The minimum Gasteiger partial charge on any atom is -0.386 e. The van der Waals surface area contributed by atoms with Gasteiger partial charge in [0, 0.05) is 11.8 Å². The maximum absolute atomic E-state index is 14.1. The lowest BCUT2D eigenvalue weighted by Crippen LogP contribution is -2.12. The summed E-state index contributed by atoms with van der Waals surface area (Å²) in [5.74, 6) is -0.0457. The van der Waals surface area contributed by atoms with Crippen LogP contribution >= 0.6 is 11.6 Å². The van der Waals surface area contributed by atoms with Gasteiger partial charge in [0.15, 0.2) is 5.82 Å². The topological polar surface area (TPSA) is 56.2 Å². The molecule has 2 aromatic rings. The number of rotatable bonds is 3. The summed E-state index contributed by atoms with van der Waals surface area (Å²) in [5, 5.41) is 4.24. The average molecular weight is 281 g/mol. The molecule has 0 radical (unpaired) electrons. The number of benzene rings is 1. The van der Waals surface area contributed by atoms with Gasteiger partial charge < -0.3 is 5.73 Å². The molecular formula is C13H14ClFN4. The summed E-state index contributed by atoms with van der Waals surface area (Å²) in [4.78, 5) is 3.99. The van der Waals surface area contributed by atoms with E-state index in [1.165, 1.54) is 6.07 Å². The molecule has 6 heteroatoms. The molecule has 100 valence electrons. The molecule has 0 fully saturated rings. The first kappa shape index (κ1) is 13.5. The zero-order chi connectivity index (χ0) is 14.0. The van der Waals surface area contributed by atoms with Crippen molar-refractivity contribution in [2.24, 2.45) is 10.7 Å². The van der Waals surface area contributed by atoms with Crippen LogP contribution in [0.3, 0.4) is 0 Å². The second kappa shape index (κ2) is 5.40. The highest BCUT2D eigenvalue weighted by atomic mass is 35.5. The molecule has 0 unspecified atom stereocenters. The normalized spacial score (nSPS) is 11.9. The van der Waals surface area contributed by atoms with Crippen LogP contribution in [-0.4, -0.2) is 21.5 Å². The van der Waals surface area contributed by atoms with Gasteiger partial charge in [-0.3, -0.25) is 0 Å². The summed E-state index contributed by atoms with van der Waals surface area (Å²) < 4.78 is 15.6. The molecule has 4 nitrogen and oxygen atoms in total. The van der Waals surface area contributed by atoms with Crippen LogP contribution in [0, 0.1) is 19.7 Å². The predicted molar refractivity (Wildman–Crippen MR) is 75.0 cm³/mol. The van der Waals surface area contributed by atoms with Crippen molar-refractivity contribution in [3.63, 3.8) is 0 Å². The van der Waals surface area contributed by atoms with Crippen LogP contribution in [-0.2, 0) is 0 Å². The van der Waals surface area contributed by atoms with E-state index in [2.05, 4.69) is 10.1 Å². The van der Waals surface area contributed by atoms with Crippen molar-refractivity contribution in [3.05, 3.63) is 41.5 Å². The van der Waals surface area contributed by atoms with E-state index in [-0.39, 0.29) is 11.7 Å². The number of alkyl halides is 1. The first-order chi connectivity index (χ1) is 9.01. The standard InChI is InChI=1S/C13H14ClFN4/c1-8-5-9(2)19(18-8)12-4-3-10(6-11(12)15)17-13(16)7-14/h3-6H,7H2,1-2H3,(H2,16,17). The fourth-order valence-corrected chi connectivity index (χ4v) is 1.87. The molecule has 0 atom stereocenters. The number of aryl methyl sites for hydroxylation is 2. The van der Waals surface area contributed by atoms with Crippen LogP contribution in [0.1, 0.15) is 11.4 Å². The molecule has 0 aliphatic carbocycles. The molecule has 0 spiro atoms. The monoisotopic (exact) mass is 280 g/mol. The molecule has 2 rings (SSSR count). The Morgan fingerprint density at radius 2 is 2.16 bits per heavy atom. The average Bonchev–Trinajstić information content (AvgIpc) is 2.68. The zero-order valence-electron chi connectivity index (χ0n) is 10.7. The zero-order valence-corrected chi connectivity index (χ0v) is 11.4. The highest BCUT2D eigenvalue weighted by Crippen LogP contribution is 2.21. The van der Waals surface area contributed by atoms with Gasteiger partial charge in [0.25, 0.3) is 0 Å². The Kier molecular flexibility index (Phi) is 3.85. The van der Waals surface area contributed by atoms with Crippen LogP contribution in [0.25, 0.3) is 5.69 Å². The van der Waals surface area contributed by atoms with Gasteiger partial charge in [-0.15, -0.1) is 11.6 Å². The van der Waals surface area contributed by atoms with Crippen molar-refractivity contribution in [1.29, 1.82) is 0 Å². The first-order valence-corrected chi connectivity index (χ1v) is 6.27. The van der Waals surface area contributed by atoms with Crippen molar-refractivity contribution in [2.45, 2.75) is 13.8 Å². The Hall–Kier alpha value is -1.88. The first-order valence-electron chi connectivity index (χ1n) is 5.73. The van der Waals surface area contributed by atoms with Gasteiger partial charge in [0.05, 0.1) is 17.3 Å². The van der Waals surface area contributed by atoms with Crippen molar-refractivity contribution in [2.75, 3.05) is 5.88 Å². The van der Waals surface area contributed by atoms with Crippen molar-refractivity contribution < 1.29 is 4.39 Å². The summed E-state index contributed by atoms with van der Waals surface area (Å²) >= 11 is 5.53. The molecule has 0 saturated carbocycles. The lowest BCUT2D eigenvalue weighted by molar-refractivity contribution is 0.608. The molecule has 0 bridgehead atoms. The summed E-state index contributed by atoms with van der Waals surface area (Å²) in [7, 11) is 0. The van der Waals surface area contributed by atoms with Gasteiger partial charge in [-0.2, -0.15) is 5.10 Å². The third-order valence-electron chi connectivity index (χ3n) is 2.58. The molecule has 1 heterocycles. The molecule has 1 aromatic heterocycles. The Bertz CT molecular complexity index is 634. The molecule has 0 aliphatic rings. The maximum atomic E-state index is 14.1. The fourth-order valence-electron chi connectivity index (χ4n) is 1.81. The predicted octanol–water partition coefficient (Wildman–Crippen LogP) is 2.86. The van der Waals surface area contributed by atoms with Crippen molar-refractivity contribution in [1.82, 2.24) is 9.78 Å². The molecule has 2 N–H and O–H groups in total. The van der Waals surface area contributed by atoms with Gasteiger partial charge in [-0.05, 0) is 32.0 Å². The number of hydrogen-bond donors (Lipinski definition) is 1. The molecule has 0 aliphatic heterocycles. The van der Waals surface area contributed by atoms with Crippen molar-refractivity contribution >= 4 is 23.1 Å². The number of aliphatic imine (C=N–C) groups is 1. The number of nitrogens with zero attached hydrogens (tertiary/aromatic N) is 3. The summed E-state index contributed by atoms with van der Waals surface area (Å²) in [6, 6.07) is 6.49. The second-order valence-corrected chi connectivity index (χ2v) is 4.48. The fraction of sp³-hybridized carbons (Fsp3) is 0.231. The molecular weight excluding hydrogens is 267 g/mol. The number of hydrogen-bond acceptors (Lipinski definition) is 2. The van der Waals surface area contributed by atoms with E-state index in [1.54, 1.807) is 16.8 Å². The van der Waals surface area contributed by atoms with E-state index in [4.69, 9.17) is 17.3 Å². The van der Waals surface area contributed by atoms with Gasteiger partial charge >= 0.3 is 0 Å². The molecule has 0 saturated heterocycles. The lowest BCUT2D eigenvalue weighted by atomic mass is 10.2. The highest BCUT2D eigenvalue weighted by molar-refractivity contribution is 6.28. The summed E-state index contributed by atoms with van der Waals surface area (Å²) in [6.07, 6.45) is 0. The van der Waals surface area contributed by atoms with Crippen LogP contribution < -0.4 is 5.73 Å².